The van der Waals surface area contributed by atoms with Crippen molar-refractivity contribution >= 4 is 29.5 Å². The van der Waals surface area contributed by atoms with Crippen LogP contribution in [0.15, 0.2) is 24.3 Å². The van der Waals surface area contributed by atoms with Crippen LogP contribution in [0.5, 0.6) is 0 Å². The predicted octanol–water partition coefficient (Wildman–Crippen LogP) is 1.07. The number of likely N-dealkylation sites (tertiary alicyclic amines) is 1. The van der Waals surface area contributed by atoms with Gasteiger partial charge in [-0.05, 0) is 17.7 Å². The van der Waals surface area contributed by atoms with Gasteiger partial charge in [-0.3, -0.25) is 9.59 Å². The molecule has 1 aliphatic rings. The van der Waals surface area contributed by atoms with Gasteiger partial charge in [-0.15, -0.1) is 0 Å². The van der Waals surface area contributed by atoms with Crippen molar-refractivity contribution in [1.82, 2.24) is 15.5 Å². The van der Waals surface area contributed by atoms with E-state index < -0.39 is 11.9 Å². The molecule has 7 nitrogen and oxygen atoms in total. The zero-order valence-corrected chi connectivity index (χ0v) is 13.2. The van der Waals surface area contributed by atoms with Gasteiger partial charge in [0.25, 0.3) is 0 Å². The van der Waals surface area contributed by atoms with E-state index >= 15 is 0 Å². The molecule has 0 radical (unpaired) electrons. The molecule has 1 heterocycles. The maximum atomic E-state index is 11.7. The maximum absolute atomic E-state index is 11.7. The number of benzene rings is 1. The number of hydrogen-bond acceptors (Lipinski definition) is 3. The molecule has 1 aliphatic heterocycles. The van der Waals surface area contributed by atoms with Crippen LogP contribution >= 0.6 is 11.6 Å². The lowest BCUT2D eigenvalue weighted by Crippen LogP contribution is -2.40. The van der Waals surface area contributed by atoms with E-state index in [2.05, 4.69) is 10.6 Å². The number of carboxylic acids is 1. The largest absolute Gasteiger partial charge is 0.481 e. The van der Waals surface area contributed by atoms with Crippen LogP contribution in [0.25, 0.3) is 0 Å². The number of rotatable bonds is 6. The fourth-order valence-electron chi connectivity index (χ4n) is 2.31. The van der Waals surface area contributed by atoms with E-state index in [0.717, 1.165) is 5.56 Å². The topological polar surface area (TPSA) is 98.7 Å². The van der Waals surface area contributed by atoms with Crippen LogP contribution in [0.3, 0.4) is 0 Å². The van der Waals surface area contributed by atoms with E-state index in [1.165, 1.54) is 4.90 Å². The molecule has 3 N–H and O–H groups in total. The molecule has 1 aromatic rings. The van der Waals surface area contributed by atoms with Gasteiger partial charge in [0.2, 0.25) is 5.91 Å². The molecule has 1 atom stereocenters. The van der Waals surface area contributed by atoms with Crippen molar-refractivity contribution in [2.45, 2.75) is 13.0 Å². The van der Waals surface area contributed by atoms with Gasteiger partial charge in [0.15, 0.2) is 0 Å². The molecule has 23 heavy (non-hydrogen) atoms. The summed E-state index contributed by atoms with van der Waals surface area (Å²) in [6, 6.07) is 6.78. The first-order chi connectivity index (χ1) is 11.0. The zero-order valence-electron chi connectivity index (χ0n) is 12.4. The summed E-state index contributed by atoms with van der Waals surface area (Å²) in [5.41, 5.74) is 0.920. The molecule has 8 heteroatoms. The van der Waals surface area contributed by atoms with Gasteiger partial charge in [-0.25, -0.2) is 4.79 Å². The third-order valence-electron chi connectivity index (χ3n) is 3.60. The van der Waals surface area contributed by atoms with E-state index in [1.54, 1.807) is 12.1 Å². The van der Waals surface area contributed by atoms with Crippen molar-refractivity contribution < 1.29 is 19.5 Å². The Hall–Kier alpha value is -2.28. The monoisotopic (exact) mass is 339 g/mol. The van der Waals surface area contributed by atoms with Gasteiger partial charge in [0.05, 0.1) is 5.92 Å². The van der Waals surface area contributed by atoms with Crippen LogP contribution in [-0.2, 0) is 16.1 Å². The van der Waals surface area contributed by atoms with Gasteiger partial charge in [-0.2, -0.15) is 0 Å². The lowest BCUT2D eigenvalue weighted by Gasteiger charge is -2.16. The molecule has 0 spiro atoms. The van der Waals surface area contributed by atoms with Crippen molar-refractivity contribution in [3.63, 3.8) is 0 Å². The summed E-state index contributed by atoms with van der Waals surface area (Å²) < 4.78 is 0. The molecule has 0 aliphatic carbocycles. The van der Waals surface area contributed by atoms with Gasteiger partial charge < -0.3 is 20.6 Å². The van der Waals surface area contributed by atoms with E-state index in [1.807, 2.05) is 12.1 Å². The summed E-state index contributed by atoms with van der Waals surface area (Å²) in [7, 11) is 0. The van der Waals surface area contributed by atoms with Gasteiger partial charge >= 0.3 is 12.0 Å². The third-order valence-corrected chi connectivity index (χ3v) is 3.85. The maximum Gasteiger partial charge on any atom is 0.315 e. The Morgan fingerprint density at radius 2 is 1.96 bits per heavy atom. The van der Waals surface area contributed by atoms with Crippen LogP contribution in [0.4, 0.5) is 4.79 Å². The van der Waals surface area contributed by atoms with Gasteiger partial charge in [0, 0.05) is 37.6 Å². The normalized spacial score (nSPS) is 17.2. The smallest absolute Gasteiger partial charge is 0.315 e. The van der Waals surface area contributed by atoms with E-state index in [0.29, 0.717) is 18.1 Å². The van der Waals surface area contributed by atoms with E-state index in [-0.39, 0.29) is 31.4 Å². The second-order valence-corrected chi connectivity index (χ2v) is 5.75. The van der Waals surface area contributed by atoms with E-state index in [9.17, 15) is 14.4 Å². The standard InChI is InChI=1S/C15H18ClN3O4/c16-12-3-1-10(2-4-12)8-18-15(23)17-5-6-19-9-11(14(21)22)7-13(19)20/h1-4,11H,5-9H2,(H,21,22)(H2,17,18,23). The number of urea groups is 1. The highest BCUT2D eigenvalue weighted by Crippen LogP contribution is 2.17. The summed E-state index contributed by atoms with van der Waals surface area (Å²) in [6.45, 7) is 1.14. The number of aliphatic carboxylic acids is 1. The molecule has 1 unspecified atom stereocenters. The Morgan fingerprint density at radius 1 is 1.26 bits per heavy atom. The SMILES string of the molecule is O=C(NCCN1CC(C(=O)O)CC1=O)NCc1ccc(Cl)cc1. The number of nitrogens with one attached hydrogen (secondary N) is 2. The number of nitrogens with zero attached hydrogens (tertiary/aromatic N) is 1. The minimum atomic E-state index is -0.963. The summed E-state index contributed by atoms with van der Waals surface area (Å²) in [5, 5.41) is 14.9. The molecular formula is C15H18ClN3O4. The number of carbonyl (C=O) groups excluding carboxylic acids is 2. The second kappa shape index (κ2) is 7.82. The minimum absolute atomic E-state index is 0.0259. The van der Waals surface area contributed by atoms with Crippen LogP contribution in [0.2, 0.25) is 5.02 Å². The predicted molar refractivity (Wildman–Crippen MR) is 84.0 cm³/mol. The van der Waals surface area contributed by atoms with Gasteiger partial charge in [-0.1, -0.05) is 23.7 Å². The highest BCUT2D eigenvalue weighted by atomic mass is 35.5. The fraction of sp³-hybridized carbons (Fsp3) is 0.400. The van der Waals surface area contributed by atoms with Crippen LogP contribution in [0, 0.1) is 5.92 Å². The highest BCUT2D eigenvalue weighted by molar-refractivity contribution is 6.30. The Kier molecular flexibility index (Phi) is 5.81. The molecule has 124 valence electrons. The molecule has 3 amide bonds. The van der Waals surface area contributed by atoms with Gasteiger partial charge in [0.1, 0.15) is 0 Å². The number of carbonyl (C=O) groups is 3. The zero-order chi connectivity index (χ0) is 16.8. The Labute approximate surface area is 138 Å². The number of amides is 3. The molecule has 0 bridgehead atoms. The lowest BCUT2D eigenvalue weighted by atomic mass is 10.1. The molecule has 2 rings (SSSR count). The first kappa shape index (κ1) is 17.1. The molecule has 1 fully saturated rings. The quantitative estimate of drug-likeness (QED) is 0.722. The molecule has 1 aromatic carbocycles. The van der Waals surface area contributed by atoms with E-state index in [4.69, 9.17) is 16.7 Å². The summed E-state index contributed by atoms with van der Waals surface area (Å²) in [4.78, 5) is 35.6. The number of hydrogen-bond donors (Lipinski definition) is 3. The average molecular weight is 340 g/mol. The van der Waals surface area contributed by atoms with Crippen LogP contribution in [-0.4, -0.2) is 47.5 Å². The fourth-order valence-corrected chi connectivity index (χ4v) is 2.43. The molecule has 1 saturated heterocycles. The average Bonchev–Trinajstić information content (AvgIpc) is 2.88. The van der Waals surface area contributed by atoms with Crippen LogP contribution in [0.1, 0.15) is 12.0 Å². The molecule has 0 aromatic heterocycles. The molecular weight excluding hydrogens is 322 g/mol. The Bertz CT molecular complexity index is 591. The van der Waals surface area contributed by atoms with Crippen molar-refractivity contribution in [3.05, 3.63) is 34.9 Å². The third kappa shape index (κ3) is 5.14. The number of carboxylic acid groups (broad SMARTS) is 1. The first-order valence-electron chi connectivity index (χ1n) is 7.22. The lowest BCUT2D eigenvalue weighted by molar-refractivity contribution is -0.141. The summed E-state index contributed by atoms with van der Waals surface area (Å²) in [5.74, 6) is -1.81. The second-order valence-electron chi connectivity index (χ2n) is 5.31. The van der Waals surface area contributed by atoms with Crippen molar-refractivity contribution in [1.29, 1.82) is 0 Å². The Balaban J connectivity index is 1.66. The summed E-state index contributed by atoms with van der Waals surface area (Å²) >= 11 is 5.78. The summed E-state index contributed by atoms with van der Waals surface area (Å²) in [6.07, 6.45) is 0.0259. The van der Waals surface area contributed by atoms with Crippen molar-refractivity contribution in [2.75, 3.05) is 19.6 Å². The van der Waals surface area contributed by atoms with Crippen molar-refractivity contribution in [3.8, 4) is 0 Å². The van der Waals surface area contributed by atoms with Crippen molar-refractivity contribution in [2.24, 2.45) is 5.92 Å². The minimum Gasteiger partial charge on any atom is -0.481 e. The first-order valence-corrected chi connectivity index (χ1v) is 7.60. The Morgan fingerprint density at radius 3 is 2.57 bits per heavy atom. The number of halogens is 1. The molecule has 0 saturated carbocycles. The highest BCUT2D eigenvalue weighted by Gasteiger charge is 2.33. The van der Waals surface area contributed by atoms with Crippen LogP contribution < -0.4 is 10.6 Å².